The Morgan fingerprint density at radius 2 is 1.83 bits per heavy atom. The molecule has 4 heteroatoms. The Labute approximate surface area is 68.1 Å². The van der Waals surface area contributed by atoms with E-state index in [0.29, 0.717) is 6.07 Å². The molecule has 1 aromatic rings. The summed E-state index contributed by atoms with van der Waals surface area (Å²) in [7, 11) is 0. The molecule has 0 amide bonds. The molecule has 0 bridgehead atoms. The molecule has 0 aliphatic heterocycles. The van der Waals surface area contributed by atoms with Gasteiger partial charge in [0.25, 0.3) is 0 Å². The summed E-state index contributed by atoms with van der Waals surface area (Å²) in [6.07, 6.45) is 0.0691. The summed E-state index contributed by atoms with van der Waals surface area (Å²) in [5.74, 6) is -2.34. The summed E-state index contributed by atoms with van der Waals surface area (Å²) < 4.78 is 25.2. The molecule has 12 heavy (non-hydrogen) atoms. The number of phenolic OH excluding ortho intramolecular Hbond substituents is 1. The number of phenols is 1. The van der Waals surface area contributed by atoms with E-state index in [-0.39, 0.29) is 18.6 Å². The van der Waals surface area contributed by atoms with Crippen LogP contribution in [0, 0.1) is 11.6 Å². The minimum absolute atomic E-state index is 0.0691. The summed E-state index contributed by atoms with van der Waals surface area (Å²) in [6.45, 7) is -0.234. The van der Waals surface area contributed by atoms with Gasteiger partial charge in [-0.05, 0) is 18.1 Å². The number of hydrogen-bond donors (Lipinski definition) is 2. The van der Waals surface area contributed by atoms with Crippen LogP contribution >= 0.6 is 0 Å². The molecule has 0 aromatic heterocycles. The number of aliphatic hydroxyl groups is 1. The SMILES string of the molecule is OCCc1cc(O)c(F)cc1F. The van der Waals surface area contributed by atoms with Crippen molar-refractivity contribution in [2.45, 2.75) is 6.42 Å². The van der Waals surface area contributed by atoms with E-state index in [4.69, 9.17) is 10.2 Å². The van der Waals surface area contributed by atoms with Crippen molar-refractivity contribution < 1.29 is 19.0 Å². The normalized spacial score (nSPS) is 10.2. The molecule has 0 radical (unpaired) electrons. The Morgan fingerprint density at radius 1 is 1.17 bits per heavy atom. The van der Waals surface area contributed by atoms with Crippen molar-refractivity contribution in [2.75, 3.05) is 6.61 Å². The van der Waals surface area contributed by atoms with Crippen molar-refractivity contribution in [3.63, 3.8) is 0 Å². The fourth-order valence-corrected chi connectivity index (χ4v) is 0.893. The fraction of sp³-hybridized carbons (Fsp3) is 0.250. The van der Waals surface area contributed by atoms with Gasteiger partial charge >= 0.3 is 0 Å². The van der Waals surface area contributed by atoms with Crippen molar-refractivity contribution in [3.05, 3.63) is 29.3 Å². The van der Waals surface area contributed by atoms with E-state index in [1.165, 1.54) is 0 Å². The van der Waals surface area contributed by atoms with Crippen LogP contribution in [0.3, 0.4) is 0 Å². The van der Waals surface area contributed by atoms with E-state index in [9.17, 15) is 8.78 Å². The minimum Gasteiger partial charge on any atom is -0.505 e. The molecule has 0 aliphatic rings. The van der Waals surface area contributed by atoms with Gasteiger partial charge in [-0.15, -0.1) is 0 Å². The third-order valence-electron chi connectivity index (χ3n) is 1.50. The van der Waals surface area contributed by atoms with Gasteiger partial charge in [0.1, 0.15) is 5.82 Å². The first-order valence-electron chi connectivity index (χ1n) is 3.43. The number of aromatic hydroxyl groups is 1. The van der Waals surface area contributed by atoms with Crippen molar-refractivity contribution in [1.29, 1.82) is 0 Å². The van der Waals surface area contributed by atoms with Gasteiger partial charge in [0.05, 0.1) is 0 Å². The zero-order valence-electron chi connectivity index (χ0n) is 6.22. The van der Waals surface area contributed by atoms with Crippen LogP contribution in [-0.2, 0) is 6.42 Å². The second-order valence-corrected chi connectivity index (χ2v) is 2.37. The second kappa shape index (κ2) is 3.49. The summed E-state index contributed by atoms with van der Waals surface area (Å²) in [5.41, 5.74) is 0.108. The molecule has 0 spiro atoms. The van der Waals surface area contributed by atoms with Crippen LogP contribution in [0.5, 0.6) is 5.75 Å². The molecule has 0 fully saturated rings. The molecule has 1 rings (SSSR count). The van der Waals surface area contributed by atoms with Crippen LogP contribution in [0.2, 0.25) is 0 Å². The maximum atomic E-state index is 12.8. The highest BCUT2D eigenvalue weighted by Gasteiger charge is 2.07. The van der Waals surface area contributed by atoms with E-state index in [1.54, 1.807) is 0 Å². The highest BCUT2D eigenvalue weighted by atomic mass is 19.1. The summed E-state index contributed by atoms with van der Waals surface area (Å²) >= 11 is 0. The Bertz CT molecular complexity index is 287. The van der Waals surface area contributed by atoms with Crippen LogP contribution in [0.1, 0.15) is 5.56 Å². The quantitative estimate of drug-likeness (QED) is 0.707. The van der Waals surface area contributed by atoms with Crippen LogP contribution < -0.4 is 0 Å². The van der Waals surface area contributed by atoms with Gasteiger partial charge in [0, 0.05) is 12.7 Å². The highest BCUT2D eigenvalue weighted by molar-refractivity contribution is 5.30. The van der Waals surface area contributed by atoms with Gasteiger partial charge in [0.2, 0.25) is 0 Å². The Morgan fingerprint density at radius 3 is 2.42 bits per heavy atom. The monoisotopic (exact) mass is 174 g/mol. The van der Waals surface area contributed by atoms with E-state index in [2.05, 4.69) is 0 Å². The molecular formula is C8H8F2O2. The lowest BCUT2D eigenvalue weighted by atomic mass is 10.1. The third kappa shape index (κ3) is 1.71. The number of aliphatic hydroxyl groups excluding tert-OH is 1. The van der Waals surface area contributed by atoms with Gasteiger partial charge in [-0.2, -0.15) is 0 Å². The predicted octanol–water partition coefficient (Wildman–Crippen LogP) is 1.21. The molecule has 1 aromatic carbocycles. The Hall–Kier alpha value is -1.16. The maximum Gasteiger partial charge on any atom is 0.167 e. The topological polar surface area (TPSA) is 40.5 Å². The van der Waals surface area contributed by atoms with Gasteiger partial charge < -0.3 is 10.2 Å². The van der Waals surface area contributed by atoms with Gasteiger partial charge in [-0.25, -0.2) is 8.78 Å². The molecule has 0 unspecified atom stereocenters. The van der Waals surface area contributed by atoms with Crippen LogP contribution in [0.4, 0.5) is 8.78 Å². The summed E-state index contributed by atoms with van der Waals surface area (Å²) in [4.78, 5) is 0. The molecule has 0 heterocycles. The minimum atomic E-state index is -0.991. The molecule has 0 saturated carbocycles. The van der Waals surface area contributed by atoms with E-state index < -0.39 is 17.4 Å². The molecule has 0 atom stereocenters. The highest BCUT2D eigenvalue weighted by Crippen LogP contribution is 2.20. The van der Waals surface area contributed by atoms with E-state index >= 15 is 0 Å². The summed E-state index contributed by atoms with van der Waals surface area (Å²) in [6, 6.07) is 1.57. The lowest BCUT2D eigenvalue weighted by Gasteiger charge is -2.02. The molecule has 2 nitrogen and oxygen atoms in total. The number of rotatable bonds is 2. The van der Waals surface area contributed by atoms with Crippen molar-refractivity contribution >= 4 is 0 Å². The largest absolute Gasteiger partial charge is 0.505 e. The molecule has 66 valence electrons. The Kier molecular flexibility index (Phi) is 2.60. The third-order valence-corrected chi connectivity index (χ3v) is 1.50. The predicted molar refractivity (Wildman–Crippen MR) is 38.8 cm³/mol. The average Bonchev–Trinajstić information content (AvgIpc) is 2.01. The van der Waals surface area contributed by atoms with Gasteiger partial charge in [-0.1, -0.05) is 0 Å². The molecular weight excluding hydrogens is 166 g/mol. The standard InChI is InChI=1S/C8H8F2O2/c9-6-4-7(10)8(12)3-5(6)1-2-11/h3-4,11-12H,1-2H2. The van der Waals surface area contributed by atoms with E-state index in [1.807, 2.05) is 0 Å². The first kappa shape index (κ1) is 8.93. The van der Waals surface area contributed by atoms with Crippen molar-refractivity contribution in [1.82, 2.24) is 0 Å². The first-order valence-corrected chi connectivity index (χ1v) is 3.43. The van der Waals surface area contributed by atoms with Crippen molar-refractivity contribution in [2.24, 2.45) is 0 Å². The lowest BCUT2D eigenvalue weighted by Crippen LogP contribution is -1.95. The van der Waals surface area contributed by atoms with Crippen LogP contribution in [-0.4, -0.2) is 16.8 Å². The van der Waals surface area contributed by atoms with Crippen LogP contribution in [0.25, 0.3) is 0 Å². The smallest absolute Gasteiger partial charge is 0.167 e. The molecule has 0 aliphatic carbocycles. The molecule has 2 N–H and O–H groups in total. The first-order chi connectivity index (χ1) is 5.65. The summed E-state index contributed by atoms with van der Waals surface area (Å²) in [5, 5.41) is 17.3. The van der Waals surface area contributed by atoms with Gasteiger partial charge in [-0.3, -0.25) is 0 Å². The fourth-order valence-electron chi connectivity index (χ4n) is 0.893. The average molecular weight is 174 g/mol. The zero-order chi connectivity index (χ0) is 9.14. The van der Waals surface area contributed by atoms with Crippen molar-refractivity contribution in [3.8, 4) is 5.75 Å². The maximum absolute atomic E-state index is 12.8. The zero-order valence-corrected chi connectivity index (χ0v) is 6.22. The van der Waals surface area contributed by atoms with Gasteiger partial charge in [0.15, 0.2) is 11.6 Å². The van der Waals surface area contributed by atoms with E-state index in [0.717, 1.165) is 6.07 Å². The lowest BCUT2D eigenvalue weighted by molar-refractivity contribution is 0.297. The number of hydrogen-bond acceptors (Lipinski definition) is 2. The molecule has 0 saturated heterocycles. The Balaban J connectivity index is 3.05. The second-order valence-electron chi connectivity index (χ2n) is 2.37. The van der Waals surface area contributed by atoms with Crippen LogP contribution in [0.15, 0.2) is 12.1 Å². The number of halogens is 2. The number of benzene rings is 1.